The van der Waals surface area contributed by atoms with Gasteiger partial charge in [0, 0.05) is 24.0 Å². The lowest BCUT2D eigenvalue weighted by Gasteiger charge is -2.33. The number of thiazole rings is 1. The molecule has 3 nitrogen and oxygen atoms in total. The molecule has 2 aliphatic rings. The Morgan fingerprint density at radius 2 is 1.91 bits per heavy atom. The van der Waals surface area contributed by atoms with Crippen LogP contribution in [0.4, 0.5) is 0 Å². The van der Waals surface area contributed by atoms with Crippen molar-refractivity contribution >= 4 is 23.7 Å². The summed E-state index contributed by atoms with van der Waals surface area (Å²) in [6.07, 6.45) is 4.05. The molecule has 0 amide bonds. The van der Waals surface area contributed by atoms with E-state index < -0.39 is 0 Å². The molecule has 0 atom stereocenters. The molecule has 2 saturated heterocycles. The third kappa shape index (κ3) is 3.77. The van der Waals surface area contributed by atoms with Gasteiger partial charge in [0.1, 0.15) is 5.01 Å². The Balaban J connectivity index is 0.00000156. The van der Waals surface area contributed by atoms with E-state index in [1.165, 1.54) is 56.7 Å². The summed E-state index contributed by atoms with van der Waals surface area (Å²) < 4.78 is 0. The molecule has 0 aliphatic carbocycles. The fourth-order valence-electron chi connectivity index (χ4n) is 3.85. The lowest BCUT2D eigenvalue weighted by molar-refractivity contribution is 0.193. The zero-order valence-electron chi connectivity index (χ0n) is 13.3. The van der Waals surface area contributed by atoms with Gasteiger partial charge in [-0.3, -0.25) is 4.90 Å². The number of benzene rings is 1. The molecule has 5 heteroatoms. The number of halogens is 1. The summed E-state index contributed by atoms with van der Waals surface area (Å²) in [6, 6.07) is 10.5. The second kappa shape index (κ2) is 7.31. The maximum absolute atomic E-state index is 4.84. The average molecular weight is 350 g/mol. The van der Waals surface area contributed by atoms with Gasteiger partial charge in [0.2, 0.25) is 0 Å². The highest BCUT2D eigenvalue weighted by Crippen LogP contribution is 2.39. The van der Waals surface area contributed by atoms with E-state index >= 15 is 0 Å². The first kappa shape index (κ1) is 16.9. The highest BCUT2D eigenvalue weighted by molar-refractivity contribution is 7.13. The first-order chi connectivity index (χ1) is 10.8. The minimum atomic E-state index is 0. The molecule has 1 aromatic carbocycles. The van der Waals surface area contributed by atoms with Gasteiger partial charge in [0.25, 0.3) is 0 Å². The molecule has 1 spiro atoms. The predicted octanol–water partition coefficient (Wildman–Crippen LogP) is 3.81. The number of rotatable bonds is 3. The van der Waals surface area contributed by atoms with Gasteiger partial charge in [-0.15, -0.1) is 23.7 Å². The molecule has 2 fully saturated rings. The van der Waals surface area contributed by atoms with E-state index in [9.17, 15) is 0 Å². The topological polar surface area (TPSA) is 28.2 Å². The molecular weight excluding hydrogens is 326 g/mol. The normalized spacial score (nSPS) is 20.5. The van der Waals surface area contributed by atoms with Crippen LogP contribution in [0.2, 0.25) is 0 Å². The van der Waals surface area contributed by atoms with Gasteiger partial charge in [-0.1, -0.05) is 30.3 Å². The lowest BCUT2D eigenvalue weighted by Crippen LogP contribution is -2.38. The van der Waals surface area contributed by atoms with E-state index in [2.05, 4.69) is 45.9 Å². The predicted molar refractivity (Wildman–Crippen MR) is 99.2 cm³/mol. The molecular formula is C18H24ClN3S. The summed E-state index contributed by atoms with van der Waals surface area (Å²) in [5, 5.41) is 6.87. The minimum absolute atomic E-state index is 0. The second-order valence-electron chi connectivity index (χ2n) is 6.72. The first-order valence-electron chi connectivity index (χ1n) is 8.26. The van der Waals surface area contributed by atoms with Gasteiger partial charge < -0.3 is 5.32 Å². The van der Waals surface area contributed by atoms with Gasteiger partial charge in [0.15, 0.2) is 0 Å². The monoisotopic (exact) mass is 349 g/mol. The van der Waals surface area contributed by atoms with Gasteiger partial charge in [-0.05, 0) is 44.3 Å². The number of piperidine rings is 1. The number of aromatic nitrogens is 1. The Hall–Kier alpha value is -0.940. The van der Waals surface area contributed by atoms with E-state index in [1.807, 2.05) is 0 Å². The van der Waals surface area contributed by atoms with Crippen molar-refractivity contribution in [1.29, 1.82) is 0 Å². The Labute approximate surface area is 148 Å². The highest BCUT2D eigenvalue weighted by atomic mass is 35.5. The molecule has 0 bridgehead atoms. The minimum Gasteiger partial charge on any atom is -0.317 e. The summed E-state index contributed by atoms with van der Waals surface area (Å²) in [6.45, 7) is 5.90. The van der Waals surface area contributed by atoms with Gasteiger partial charge >= 0.3 is 0 Å². The Morgan fingerprint density at radius 3 is 2.70 bits per heavy atom. The number of nitrogens with one attached hydrogen (secondary N) is 1. The first-order valence-corrected chi connectivity index (χ1v) is 9.14. The molecule has 124 valence electrons. The molecule has 0 saturated carbocycles. The van der Waals surface area contributed by atoms with Crippen molar-refractivity contribution in [2.45, 2.75) is 25.8 Å². The van der Waals surface area contributed by atoms with Crippen LogP contribution in [0.1, 0.15) is 25.0 Å². The smallest absolute Gasteiger partial charge is 0.123 e. The molecule has 0 radical (unpaired) electrons. The maximum atomic E-state index is 4.84. The van der Waals surface area contributed by atoms with Crippen molar-refractivity contribution < 1.29 is 0 Å². The number of hydrogen-bond acceptors (Lipinski definition) is 4. The summed E-state index contributed by atoms with van der Waals surface area (Å²) >= 11 is 1.77. The number of hydrogen-bond donors (Lipinski definition) is 1. The Bertz CT molecular complexity index is 622. The van der Waals surface area contributed by atoms with Crippen LogP contribution in [0, 0.1) is 5.41 Å². The van der Waals surface area contributed by atoms with Crippen molar-refractivity contribution in [1.82, 2.24) is 15.2 Å². The SMILES string of the molecule is Cl.c1ccc(-c2nc(CN3CCC4(CCNCC4)C3)cs2)cc1. The van der Waals surface area contributed by atoms with Crippen molar-refractivity contribution in [2.24, 2.45) is 5.41 Å². The van der Waals surface area contributed by atoms with E-state index in [0.717, 1.165) is 11.6 Å². The van der Waals surface area contributed by atoms with Crippen LogP contribution in [-0.4, -0.2) is 36.1 Å². The van der Waals surface area contributed by atoms with Gasteiger partial charge in [-0.2, -0.15) is 0 Å². The van der Waals surface area contributed by atoms with Crippen molar-refractivity contribution in [3.63, 3.8) is 0 Å². The molecule has 1 N–H and O–H groups in total. The van der Waals surface area contributed by atoms with Crippen LogP contribution < -0.4 is 5.32 Å². The third-order valence-electron chi connectivity index (χ3n) is 5.14. The molecule has 0 unspecified atom stereocenters. The van der Waals surface area contributed by atoms with Crippen molar-refractivity contribution in [3.8, 4) is 10.6 Å². The van der Waals surface area contributed by atoms with E-state index in [0.29, 0.717) is 5.41 Å². The van der Waals surface area contributed by atoms with Crippen LogP contribution >= 0.6 is 23.7 Å². The van der Waals surface area contributed by atoms with Crippen molar-refractivity contribution in [2.75, 3.05) is 26.2 Å². The largest absolute Gasteiger partial charge is 0.317 e. The molecule has 2 aromatic rings. The number of likely N-dealkylation sites (tertiary alicyclic amines) is 1. The molecule has 23 heavy (non-hydrogen) atoms. The third-order valence-corrected chi connectivity index (χ3v) is 6.08. The van der Waals surface area contributed by atoms with Crippen LogP contribution in [-0.2, 0) is 6.54 Å². The zero-order chi connectivity index (χ0) is 14.8. The van der Waals surface area contributed by atoms with Crippen molar-refractivity contribution in [3.05, 3.63) is 41.4 Å². The van der Waals surface area contributed by atoms with E-state index in [1.54, 1.807) is 11.3 Å². The fraction of sp³-hybridized carbons (Fsp3) is 0.500. The molecule has 1 aromatic heterocycles. The van der Waals surface area contributed by atoms with Crippen LogP contribution in [0.25, 0.3) is 10.6 Å². The van der Waals surface area contributed by atoms with Gasteiger partial charge in [-0.25, -0.2) is 4.98 Å². The summed E-state index contributed by atoms with van der Waals surface area (Å²) in [7, 11) is 0. The summed E-state index contributed by atoms with van der Waals surface area (Å²) in [4.78, 5) is 7.45. The molecule has 4 rings (SSSR count). The molecule has 3 heterocycles. The second-order valence-corrected chi connectivity index (χ2v) is 7.58. The Morgan fingerprint density at radius 1 is 1.13 bits per heavy atom. The maximum Gasteiger partial charge on any atom is 0.123 e. The fourth-order valence-corrected chi connectivity index (χ4v) is 4.67. The van der Waals surface area contributed by atoms with Crippen LogP contribution in [0.3, 0.4) is 0 Å². The van der Waals surface area contributed by atoms with Crippen LogP contribution in [0.5, 0.6) is 0 Å². The molecule has 2 aliphatic heterocycles. The van der Waals surface area contributed by atoms with E-state index in [-0.39, 0.29) is 12.4 Å². The zero-order valence-corrected chi connectivity index (χ0v) is 15.0. The lowest BCUT2D eigenvalue weighted by atomic mass is 9.78. The van der Waals surface area contributed by atoms with E-state index in [4.69, 9.17) is 4.98 Å². The average Bonchev–Trinajstić information content (AvgIpc) is 3.17. The van der Waals surface area contributed by atoms with Crippen LogP contribution in [0.15, 0.2) is 35.7 Å². The summed E-state index contributed by atoms with van der Waals surface area (Å²) in [5.41, 5.74) is 3.05. The summed E-state index contributed by atoms with van der Waals surface area (Å²) in [5.74, 6) is 0. The highest BCUT2D eigenvalue weighted by Gasteiger charge is 2.38. The number of nitrogens with zero attached hydrogens (tertiary/aromatic N) is 2. The quantitative estimate of drug-likeness (QED) is 0.913. The van der Waals surface area contributed by atoms with Gasteiger partial charge in [0.05, 0.1) is 5.69 Å². The standard InChI is InChI=1S/C18H23N3S.ClH/c1-2-4-15(5-3-1)17-20-16(13-22-17)12-21-11-8-18(14-21)6-9-19-10-7-18;/h1-5,13,19H,6-12,14H2;1H. The Kier molecular flexibility index (Phi) is 5.37.